The topological polar surface area (TPSA) is 65.2 Å². The Balaban J connectivity index is 1.73. The van der Waals surface area contributed by atoms with Crippen molar-refractivity contribution in [3.8, 4) is 0 Å². The van der Waals surface area contributed by atoms with Crippen LogP contribution >= 0.6 is 0 Å². The number of fused-ring (bicyclic) bond motifs is 1. The third-order valence-electron chi connectivity index (χ3n) is 5.58. The molecule has 1 aliphatic heterocycles. The third kappa shape index (κ3) is 3.98. The third-order valence-corrected chi connectivity index (χ3v) is 5.58. The molecule has 5 heteroatoms. The van der Waals surface area contributed by atoms with Crippen LogP contribution in [0.2, 0.25) is 0 Å². The van der Waals surface area contributed by atoms with Crippen molar-refractivity contribution in [3.63, 3.8) is 0 Å². The van der Waals surface area contributed by atoms with E-state index in [1.165, 1.54) is 19.0 Å². The van der Waals surface area contributed by atoms with Crippen LogP contribution < -0.4 is 10.9 Å². The molecule has 0 radical (unpaired) electrons. The second-order valence-corrected chi connectivity index (χ2v) is 7.82. The van der Waals surface area contributed by atoms with E-state index in [4.69, 9.17) is 0 Å². The predicted octanol–water partition coefficient (Wildman–Crippen LogP) is 3.01. The van der Waals surface area contributed by atoms with Crippen molar-refractivity contribution in [1.82, 2.24) is 15.2 Å². The standard InChI is InChI=1S/C21H29N3O2/c1-14(2)19(24-10-8-15(3)9-11-24)13-23-21(26)18-12-22-20(25)17-7-5-4-6-16(17)18/h4-7,12,14-15,19H,8-11,13H2,1-3H3,(H,22,25)(H,23,26)/t19-/m1/s1. The number of carbonyl (C=O) groups excluding carboxylic acids is 1. The maximum Gasteiger partial charge on any atom is 0.255 e. The Kier molecular flexibility index (Phi) is 5.77. The highest BCUT2D eigenvalue weighted by Crippen LogP contribution is 2.21. The van der Waals surface area contributed by atoms with Crippen LogP contribution in [0, 0.1) is 11.8 Å². The van der Waals surface area contributed by atoms with Gasteiger partial charge in [0.15, 0.2) is 0 Å². The van der Waals surface area contributed by atoms with Gasteiger partial charge < -0.3 is 10.3 Å². The van der Waals surface area contributed by atoms with Gasteiger partial charge in [-0.1, -0.05) is 39.0 Å². The van der Waals surface area contributed by atoms with Crippen molar-refractivity contribution in [1.29, 1.82) is 0 Å². The number of hydrogen-bond donors (Lipinski definition) is 2. The number of amides is 1. The molecule has 1 aromatic heterocycles. The van der Waals surface area contributed by atoms with Gasteiger partial charge in [0.25, 0.3) is 11.5 Å². The normalized spacial score (nSPS) is 17.5. The van der Waals surface area contributed by atoms with E-state index in [1.54, 1.807) is 6.07 Å². The number of benzene rings is 1. The Labute approximate surface area is 154 Å². The summed E-state index contributed by atoms with van der Waals surface area (Å²) in [6.07, 6.45) is 3.97. The van der Waals surface area contributed by atoms with Gasteiger partial charge in [0.2, 0.25) is 0 Å². The predicted molar refractivity (Wildman–Crippen MR) is 105 cm³/mol. The van der Waals surface area contributed by atoms with E-state index in [9.17, 15) is 9.59 Å². The van der Waals surface area contributed by atoms with Gasteiger partial charge in [-0.15, -0.1) is 0 Å². The van der Waals surface area contributed by atoms with E-state index in [0.717, 1.165) is 19.0 Å². The first-order chi connectivity index (χ1) is 12.5. The molecule has 2 heterocycles. The molecule has 5 nitrogen and oxygen atoms in total. The van der Waals surface area contributed by atoms with Gasteiger partial charge in [0.05, 0.1) is 5.56 Å². The van der Waals surface area contributed by atoms with Crippen molar-refractivity contribution in [3.05, 3.63) is 46.4 Å². The van der Waals surface area contributed by atoms with E-state index in [1.807, 2.05) is 18.2 Å². The monoisotopic (exact) mass is 355 g/mol. The number of carbonyl (C=O) groups is 1. The quantitative estimate of drug-likeness (QED) is 0.866. The van der Waals surface area contributed by atoms with Crippen LogP contribution in [0.1, 0.15) is 44.0 Å². The maximum atomic E-state index is 12.8. The van der Waals surface area contributed by atoms with Crippen molar-refractivity contribution in [2.45, 2.75) is 39.7 Å². The smallest absolute Gasteiger partial charge is 0.255 e. The van der Waals surface area contributed by atoms with E-state index < -0.39 is 0 Å². The minimum Gasteiger partial charge on any atom is -0.350 e. The maximum absolute atomic E-state index is 12.8. The van der Waals surface area contributed by atoms with E-state index >= 15 is 0 Å². The summed E-state index contributed by atoms with van der Waals surface area (Å²) in [5.41, 5.74) is 0.356. The summed E-state index contributed by atoms with van der Waals surface area (Å²) < 4.78 is 0. The highest BCUT2D eigenvalue weighted by Gasteiger charge is 2.26. The Hall–Kier alpha value is -2.14. The number of rotatable bonds is 5. The molecule has 0 unspecified atom stereocenters. The Morgan fingerprint density at radius 3 is 2.54 bits per heavy atom. The molecule has 1 amide bonds. The van der Waals surface area contributed by atoms with E-state index in [2.05, 4.69) is 36.0 Å². The van der Waals surface area contributed by atoms with Gasteiger partial charge >= 0.3 is 0 Å². The first-order valence-corrected chi connectivity index (χ1v) is 9.60. The largest absolute Gasteiger partial charge is 0.350 e. The van der Waals surface area contributed by atoms with Gasteiger partial charge in [-0.25, -0.2) is 0 Å². The minimum absolute atomic E-state index is 0.131. The van der Waals surface area contributed by atoms with Crippen molar-refractivity contribution < 1.29 is 4.79 Å². The van der Waals surface area contributed by atoms with Crippen LogP contribution in [0.4, 0.5) is 0 Å². The summed E-state index contributed by atoms with van der Waals surface area (Å²) in [7, 11) is 0. The van der Waals surface area contributed by atoms with Crippen LogP contribution in [0.15, 0.2) is 35.3 Å². The molecule has 1 aromatic carbocycles. The fraction of sp³-hybridized carbons (Fsp3) is 0.524. The summed E-state index contributed by atoms with van der Waals surface area (Å²) in [6.45, 7) is 9.56. The van der Waals surface area contributed by atoms with Gasteiger partial charge in [0, 0.05) is 29.6 Å². The number of H-pyrrole nitrogens is 1. The molecule has 3 rings (SSSR count). The molecule has 0 aliphatic carbocycles. The number of pyridine rings is 1. The van der Waals surface area contributed by atoms with Crippen molar-refractivity contribution in [2.75, 3.05) is 19.6 Å². The summed E-state index contributed by atoms with van der Waals surface area (Å²) in [5.74, 6) is 1.13. The van der Waals surface area contributed by atoms with Gasteiger partial charge in [0.1, 0.15) is 0 Å². The number of nitrogens with one attached hydrogen (secondary N) is 2. The zero-order valence-electron chi connectivity index (χ0n) is 15.9. The van der Waals surface area contributed by atoms with Crippen LogP contribution in [0.3, 0.4) is 0 Å². The lowest BCUT2D eigenvalue weighted by atomic mass is 9.94. The zero-order valence-corrected chi connectivity index (χ0v) is 15.9. The number of nitrogens with zero attached hydrogens (tertiary/aromatic N) is 1. The lowest BCUT2D eigenvalue weighted by Gasteiger charge is -2.38. The molecule has 0 spiro atoms. The summed E-state index contributed by atoms with van der Waals surface area (Å²) in [4.78, 5) is 29.9. The van der Waals surface area contributed by atoms with Crippen LogP contribution in [-0.4, -0.2) is 41.5 Å². The van der Waals surface area contributed by atoms with Gasteiger partial charge in [-0.05, 0) is 43.8 Å². The average Bonchev–Trinajstić information content (AvgIpc) is 2.63. The lowest BCUT2D eigenvalue weighted by molar-refractivity contribution is 0.0864. The highest BCUT2D eigenvalue weighted by atomic mass is 16.1. The molecular formula is C21H29N3O2. The van der Waals surface area contributed by atoms with Crippen molar-refractivity contribution >= 4 is 16.7 Å². The molecule has 1 atom stereocenters. The molecule has 1 saturated heterocycles. The zero-order chi connectivity index (χ0) is 18.7. The summed E-state index contributed by atoms with van der Waals surface area (Å²) in [5, 5.41) is 4.34. The van der Waals surface area contributed by atoms with Crippen molar-refractivity contribution in [2.24, 2.45) is 11.8 Å². The Morgan fingerprint density at radius 1 is 1.23 bits per heavy atom. The average molecular weight is 355 g/mol. The molecular weight excluding hydrogens is 326 g/mol. The molecule has 1 fully saturated rings. The fourth-order valence-corrected chi connectivity index (χ4v) is 3.84. The SMILES string of the molecule is CC1CCN([C@H](CNC(=O)c2c[nH]c(=O)c3ccccc23)C(C)C)CC1. The molecule has 2 N–H and O–H groups in total. The van der Waals surface area contributed by atoms with E-state index in [-0.39, 0.29) is 11.5 Å². The number of aromatic nitrogens is 1. The number of hydrogen-bond acceptors (Lipinski definition) is 3. The first-order valence-electron chi connectivity index (χ1n) is 9.60. The number of likely N-dealkylation sites (tertiary alicyclic amines) is 1. The highest BCUT2D eigenvalue weighted by molar-refractivity contribution is 6.06. The second kappa shape index (κ2) is 8.04. The molecule has 0 bridgehead atoms. The molecule has 1 aliphatic rings. The second-order valence-electron chi connectivity index (χ2n) is 7.82. The van der Waals surface area contributed by atoms with Gasteiger partial charge in [-0.3, -0.25) is 14.5 Å². The minimum atomic E-state index is -0.167. The first kappa shape index (κ1) is 18.6. The molecule has 26 heavy (non-hydrogen) atoms. The summed E-state index contributed by atoms with van der Waals surface area (Å²) in [6, 6.07) is 7.57. The molecule has 2 aromatic rings. The van der Waals surface area contributed by atoms with Crippen LogP contribution in [0.25, 0.3) is 10.8 Å². The number of aromatic amines is 1. The summed E-state index contributed by atoms with van der Waals surface area (Å²) >= 11 is 0. The van der Waals surface area contributed by atoms with Gasteiger partial charge in [-0.2, -0.15) is 0 Å². The lowest BCUT2D eigenvalue weighted by Crippen LogP contribution is -2.49. The van der Waals surface area contributed by atoms with Crippen LogP contribution in [0.5, 0.6) is 0 Å². The molecule has 140 valence electrons. The fourth-order valence-electron chi connectivity index (χ4n) is 3.84. The van der Waals surface area contributed by atoms with E-state index in [0.29, 0.717) is 34.8 Å². The molecule has 0 saturated carbocycles. The Morgan fingerprint density at radius 2 is 1.88 bits per heavy atom. The number of piperidine rings is 1. The van der Waals surface area contributed by atoms with Crippen LogP contribution in [-0.2, 0) is 0 Å². The Bertz CT molecular complexity index is 819.